The van der Waals surface area contributed by atoms with Crippen LogP contribution >= 0.6 is 0 Å². The van der Waals surface area contributed by atoms with Crippen molar-refractivity contribution in [2.45, 2.75) is 173 Å². The van der Waals surface area contributed by atoms with E-state index in [1.165, 1.54) is 6.42 Å². The highest BCUT2D eigenvalue weighted by atomic mass is 16.5. The fraction of sp³-hybridized carbons (Fsp3) is 0.903. The van der Waals surface area contributed by atoms with Crippen LogP contribution in [0.2, 0.25) is 0 Å². The summed E-state index contributed by atoms with van der Waals surface area (Å²) in [6, 6.07) is 0. The SMILES string of the molecule is CCCCCCCCC(=O)OC[C@@H](O)[C@](O)(C(=O)CCCCCCCC)C(O)C(=O)CCCCCCCC. The Balaban J connectivity index is 5.00. The summed E-state index contributed by atoms with van der Waals surface area (Å²) in [6.45, 7) is 5.74. The molecule has 3 atom stereocenters. The van der Waals surface area contributed by atoms with Gasteiger partial charge in [-0.15, -0.1) is 0 Å². The second-order valence-corrected chi connectivity index (χ2v) is 10.9. The summed E-state index contributed by atoms with van der Waals surface area (Å²) in [7, 11) is 0. The summed E-state index contributed by atoms with van der Waals surface area (Å²) in [5, 5.41) is 32.8. The van der Waals surface area contributed by atoms with Gasteiger partial charge in [0, 0.05) is 19.3 Å². The lowest BCUT2D eigenvalue weighted by atomic mass is 9.81. The normalized spacial score (nSPS) is 14.6. The van der Waals surface area contributed by atoms with Crippen molar-refractivity contribution >= 4 is 17.5 Å². The molecule has 7 nitrogen and oxygen atoms in total. The molecule has 1 unspecified atom stereocenters. The molecule has 0 bridgehead atoms. The number of unbranched alkanes of at least 4 members (excludes halogenated alkanes) is 15. The maximum Gasteiger partial charge on any atom is 0.305 e. The molecule has 0 aromatic rings. The van der Waals surface area contributed by atoms with Gasteiger partial charge in [0.05, 0.1) is 0 Å². The second-order valence-electron chi connectivity index (χ2n) is 10.9. The molecule has 0 saturated heterocycles. The van der Waals surface area contributed by atoms with Crippen molar-refractivity contribution in [1.29, 1.82) is 0 Å². The summed E-state index contributed by atoms with van der Waals surface area (Å²) < 4.78 is 5.14. The van der Waals surface area contributed by atoms with E-state index >= 15 is 0 Å². The topological polar surface area (TPSA) is 121 Å². The molecule has 0 aromatic carbocycles. The quantitative estimate of drug-likeness (QED) is 0.0814. The molecule has 7 heteroatoms. The van der Waals surface area contributed by atoms with Crippen molar-refractivity contribution < 1.29 is 34.4 Å². The molecule has 3 N–H and O–H groups in total. The summed E-state index contributed by atoms with van der Waals surface area (Å²) in [6.07, 6.45) is 13.5. The Morgan fingerprint density at radius 2 is 1.00 bits per heavy atom. The summed E-state index contributed by atoms with van der Waals surface area (Å²) in [5.74, 6) is -1.98. The van der Waals surface area contributed by atoms with Gasteiger partial charge in [0.15, 0.2) is 23.3 Å². The summed E-state index contributed by atoms with van der Waals surface area (Å²) in [4.78, 5) is 38.0. The van der Waals surface area contributed by atoms with Gasteiger partial charge in [0.2, 0.25) is 0 Å². The van der Waals surface area contributed by atoms with Crippen LogP contribution in [-0.2, 0) is 19.1 Å². The van der Waals surface area contributed by atoms with E-state index < -0.39 is 42.0 Å². The second kappa shape index (κ2) is 23.6. The first-order chi connectivity index (χ1) is 18.2. The van der Waals surface area contributed by atoms with Gasteiger partial charge in [-0.3, -0.25) is 14.4 Å². The fourth-order valence-corrected chi connectivity index (χ4v) is 4.67. The fourth-order valence-electron chi connectivity index (χ4n) is 4.67. The number of carbonyl (C=O) groups is 3. The predicted molar refractivity (Wildman–Crippen MR) is 152 cm³/mol. The molecule has 0 spiro atoms. The van der Waals surface area contributed by atoms with Crippen LogP contribution in [0.25, 0.3) is 0 Å². The van der Waals surface area contributed by atoms with Gasteiger partial charge in [-0.25, -0.2) is 0 Å². The molecule has 0 aromatic heterocycles. The minimum absolute atomic E-state index is 0.0183. The van der Waals surface area contributed by atoms with Crippen molar-refractivity contribution in [1.82, 2.24) is 0 Å². The lowest BCUT2D eigenvalue weighted by Crippen LogP contribution is -2.62. The molecule has 38 heavy (non-hydrogen) atoms. The van der Waals surface area contributed by atoms with Crippen LogP contribution in [0.1, 0.15) is 156 Å². The van der Waals surface area contributed by atoms with Crippen LogP contribution in [0, 0.1) is 0 Å². The van der Waals surface area contributed by atoms with Crippen LogP contribution in [0.5, 0.6) is 0 Å². The van der Waals surface area contributed by atoms with Gasteiger partial charge in [-0.2, -0.15) is 0 Å². The lowest BCUT2D eigenvalue weighted by Gasteiger charge is -2.34. The maximum absolute atomic E-state index is 13.1. The molecule has 0 rings (SSSR count). The van der Waals surface area contributed by atoms with E-state index in [-0.39, 0.29) is 19.3 Å². The number of esters is 1. The van der Waals surface area contributed by atoms with Gasteiger partial charge in [0.1, 0.15) is 12.7 Å². The van der Waals surface area contributed by atoms with E-state index in [9.17, 15) is 29.7 Å². The Morgan fingerprint density at radius 3 is 1.47 bits per heavy atom. The Labute approximate surface area is 232 Å². The molecule has 0 radical (unpaired) electrons. The third-order valence-electron chi connectivity index (χ3n) is 7.35. The van der Waals surface area contributed by atoms with Crippen molar-refractivity contribution in [2.24, 2.45) is 0 Å². The predicted octanol–water partition coefficient (Wildman–Crippen LogP) is 6.37. The van der Waals surface area contributed by atoms with Gasteiger partial charge < -0.3 is 20.1 Å². The Kier molecular flexibility index (Phi) is 22.8. The number of ether oxygens (including phenoxy) is 1. The minimum Gasteiger partial charge on any atom is -0.463 e. The van der Waals surface area contributed by atoms with E-state index in [2.05, 4.69) is 20.8 Å². The standard InChI is InChI=1S/C31H58O7/c1-4-7-10-13-16-19-22-26(32)30(36)31(37,27(33)23-20-17-14-11-8-5-2)28(34)25-38-29(35)24-21-18-15-12-9-6-3/h28,30,34,36-37H,4-25H2,1-3H3/t28-,30?,31-/m1/s1. The molecule has 0 aliphatic heterocycles. The first-order valence-electron chi connectivity index (χ1n) is 15.6. The van der Waals surface area contributed by atoms with Gasteiger partial charge >= 0.3 is 5.97 Å². The number of aliphatic hydroxyl groups is 3. The van der Waals surface area contributed by atoms with Gasteiger partial charge in [-0.05, 0) is 19.3 Å². The highest BCUT2D eigenvalue weighted by Crippen LogP contribution is 2.25. The number of aliphatic hydroxyl groups excluding tert-OH is 2. The third kappa shape index (κ3) is 15.9. The van der Waals surface area contributed by atoms with Crippen LogP contribution in [0.4, 0.5) is 0 Å². The number of ketones is 2. The Morgan fingerprint density at radius 1 is 0.605 bits per heavy atom. The molecule has 0 fully saturated rings. The Hall–Kier alpha value is -1.31. The summed E-state index contributed by atoms with van der Waals surface area (Å²) in [5.41, 5.74) is -2.69. The van der Waals surface area contributed by atoms with Crippen molar-refractivity contribution in [3.63, 3.8) is 0 Å². The number of Topliss-reactive ketones (excluding diaryl/α,β-unsaturated/α-hetero) is 2. The van der Waals surface area contributed by atoms with Crippen molar-refractivity contribution in [3.05, 3.63) is 0 Å². The zero-order valence-electron chi connectivity index (χ0n) is 24.7. The minimum atomic E-state index is -2.69. The van der Waals surface area contributed by atoms with E-state index in [4.69, 9.17) is 4.74 Å². The highest BCUT2D eigenvalue weighted by molar-refractivity contribution is 5.96. The number of carbonyl (C=O) groups excluding carboxylic acids is 3. The van der Waals surface area contributed by atoms with E-state index in [0.29, 0.717) is 19.3 Å². The van der Waals surface area contributed by atoms with E-state index in [0.717, 1.165) is 89.9 Å². The number of hydrogen-bond donors (Lipinski definition) is 3. The monoisotopic (exact) mass is 542 g/mol. The van der Waals surface area contributed by atoms with Crippen molar-refractivity contribution in [3.8, 4) is 0 Å². The van der Waals surface area contributed by atoms with E-state index in [1.54, 1.807) is 0 Å². The van der Waals surface area contributed by atoms with Crippen LogP contribution in [0.15, 0.2) is 0 Å². The molecule has 0 aliphatic rings. The van der Waals surface area contributed by atoms with Gasteiger partial charge in [0.25, 0.3) is 0 Å². The van der Waals surface area contributed by atoms with Gasteiger partial charge in [-0.1, -0.05) is 117 Å². The smallest absolute Gasteiger partial charge is 0.305 e. The molecule has 224 valence electrons. The number of hydrogen-bond acceptors (Lipinski definition) is 7. The van der Waals surface area contributed by atoms with Crippen LogP contribution in [-0.4, -0.2) is 57.3 Å². The maximum atomic E-state index is 13.1. The van der Waals surface area contributed by atoms with Crippen LogP contribution < -0.4 is 0 Å². The molecular weight excluding hydrogens is 484 g/mol. The molecule has 0 saturated carbocycles. The molecular formula is C31H58O7. The highest BCUT2D eigenvalue weighted by Gasteiger charge is 2.51. The first kappa shape index (κ1) is 36.7. The first-order valence-corrected chi connectivity index (χ1v) is 15.6. The third-order valence-corrected chi connectivity index (χ3v) is 7.35. The molecule has 0 aliphatic carbocycles. The van der Waals surface area contributed by atoms with E-state index in [1.807, 2.05) is 0 Å². The average Bonchev–Trinajstić information content (AvgIpc) is 2.91. The molecule has 0 amide bonds. The zero-order valence-corrected chi connectivity index (χ0v) is 24.7. The lowest BCUT2D eigenvalue weighted by molar-refractivity contribution is -0.186. The zero-order chi connectivity index (χ0) is 28.7. The largest absolute Gasteiger partial charge is 0.463 e. The number of rotatable bonds is 27. The average molecular weight is 543 g/mol. The van der Waals surface area contributed by atoms with Crippen LogP contribution in [0.3, 0.4) is 0 Å². The summed E-state index contributed by atoms with van der Waals surface area (Å²) >= 11 is 0. The molecule has 0 heterocycles. The Bertz CT molecular complexity index is 621. The van der Waals surface area contributed by atoms with Crippen molar-refractivity contribution in [2.75, 3.05) is 6.61 Å².